The maximum absolute atomic E-state index is 12.2. The number of hydrogen-bond donors (Lipinski definition) is 1. The normalized spacial score (nSPS) is 14.8. The summed E-state index contributed by atoms with van der Waals surface area (Å²) in [6, 6.07) is 4.86. The lowest BCUT2D eigenvalue weighted by molar-refractivity contribution is -0.130. The van der Waals surface area contributed by atoms with E-state index in [1.54, 1.807) is 25.1 Å². The number of nitrogens with one attached hydrogen (secondary N) is 1. The second-order valence-corrected chi connectivity index (χ2v) is 5.98. The summed E-state index contributed by atoms with van der Waals surface area (Å²) in [7, 11) is 3.04. The Bertz CT molecular complexity index is 652. The van der Waals surface area contributed by atoms with Crippen LogP contribution >= 0.6 is 0 Å². The summed E-state index contributed by atoms with van der Waals surface area (Å²) in [6.45, 7) is 3.35. The van der Waals surface area contributed by atoms with Crippen molar-refractivity contribution in [3.8, 4) is 11.5 Å². The Labute approximate surface area is 148 Å². The fraction of sp³-hybridized carbons (Fsp3) is 0.500. The number of hydrazone groups is 1. The molecule has 1 fully saturated rings. The number of carbonyl (C=O) groups is 2. The number of hydrogen-bond acceptors (Lipinski definition) is 5. The SMILES string of the molecule is COc1ccc(C(=O)NN=C(C)CC(=O)N2CCCCC2)cc1OC. The van der Waals surface area contributed by atoms with Gasteiger partial charge in [0.1, 0.15) is 0 Å². The molecule has 2 amide bonds. The fourth-order valence-electron chi connectivity index (χ4n) is 2.70. The molecule has 7 nitrogen and oxygen atoms in total. The Morgan fingerprint density at radius 3 is 2.44 bits per heavy atom. The summed E-state index contributed by atoms with van der Waals surface area (Å²) < 4.78 is 10.3. The number of amides is 2. The topological polar surface area (TPSA) is 80.2 Å². The summed E-state index contributed by atoms with van der Waals surface area (Å²) in [5, 5.41) is 4.03. The first-order valence-corrected chi connectivity index (χ1v) is 8.38. The van der Waals surface area contributed by atoms with Gasteiger partial charge in [-0.3, -0.25) is 9.59 Å². The Hall–Kier alpha value is -2.57. The van der Waals surface area contributed by atoms with Gasteiger partial charge in [0, 0.05) is 24.4 Å². The van der Waals surface area contributed by atoms with E-state index < -0.39 is 0 Å². The molecule has 0 aliphatic carbocycles. The van der Waals surface area contributed by atoms with Crippen LogP contribution in [0.1, 0.15) is 43.0 Å². The van der Waals surface area contributed by atoms with Crippen LogP contribution in [0.2, 0.25) is 0 Å². The minimum atomic E-state index is -0.370. The van der Waals surface area contributed by atoms with E-state index in [1.165, 1.54) is 20.6 Å². The lowest BCUT2D eigenvalue weighted by Gasteiger charge is -2.26. The van der Waals surface area contributed by atoms with Gasteiger partial charge in [0.2, 0.25) is 5.91 Å². The monoisotopic (exact) mass is 347 g/mol. The van der Waals surface area contributed by atoms with Gasteiger partial charge in [0.05, 0.1) is 20.6 Å². The van der Waals surface area contributed by atoms with Crippen LogP contribution in [-0.4, -0.2) is 49.7 Å². The third-order valence-corrected chi connectivity index (χ3v) is 4.11. The minimum Gasteiger partial charge on any atom is -0.493 e. The quantitative estimate of drug-likeness (QED) is 0.632. The Morgan fingerprint density at radius 1 is 1.12 bits per heavy atom. The first-order chi connectivity index (χ1) is 12.0. The molecule has 7 heteroatoms. The van der Waals surface area contributed by atoms with Crippen molar-refractivity contribution < 1.29 is 19.1 Å². The first kappa shape index (κ1) is 18.8. The van der Waals surface area contributed by atoms with Crippen molar-refractivity contribution in [3.63, 3.8) is 0 Å². The highest BCUT2D eigenvalue weighted by molar-refractivity contribution is 6.01. The Balaban J connectivity index is 1.93. The largest absolute Gasteiger partial charge is 0.493 e. The zero-order chi connectivity index (χ0) is 18.2. The number of benzene rings is 1. The van der Waals surface area contributed by atoms with Crippen molar-refractivity contribution in [2.24, 2.45) is 5.10 Å². The van der Waals surface area contributed by atoms with Gasteiger partial charge < -0.3 is 14.4 Å². The van der Waals surface area contributed by atoms with Crippen molar-refractivity contribution in [3.05, 3.63) is 23.8 Å². The molecule has 0 bridgehead atoms. The second-order valence-electron chi connectivity index (χ2n) is 5.98. The number of ether oxygens (including phenoxy) is 2. The average Bonchev–Trinajstić information content (AvgIpc) is 2.66. The third kappa shape index (κ3) is 5.20. The number of methoxy groups -OCH3 is 2. The standard InChI is InChI=1S/C18H25N3O4/c1-13(11-17(22)21-9-5-4-6-10-21)19-20-18(23)14-7-8-15(24-2)16(12-14)25-3/h7-8,12H,4-6,9-11H2,1-3H3,(H,20,23). The Kier molecular flexibility index (Phi) is 6.80. The number of nitrogens with zero attached hydrogens (tertiary/aromatic N) is 2. The van der Waals surface area contributed by atoms with Crippen LogP contribution in [0.15, 0.2) is 23.3 Å². The molecule has 1 heterocycles. The maximum Gasteiger partial charge on any atom is 0.271 e. The van der Waals surface area contributed by atoms with Crippen LogP contribution < -0.4 is 14.9 Å². The van der Waals surface area contributed by atoms with Gasteiger partial charge in [-0.15, -0.1) is 0 Å². The van der Waals surface area contributed by atoms with Crippen LogP contribution in [0, 0.1) is 0 Å². The molecule has 0 aromatic heterocycles. The Morgan fingerprint density at radius 2 is 1.80 bits per heavy atom. The molecule has 136 valence electrons. The summed E-state index contributed by atoms with van der Waals surface area (Å²) in [6.07, 6.45) is 3.50. The molecule has 0 unspecified atom stereocenters. The van der Waals surface area contributed by atoms with E-state index in [-0.39, 0.29) is 18.2 Å². The van der Waals surface area contributed by atoms with Gasteiger partial charge >= 0.3 is 0 Å². The molecule has 1 aromatic rings. The molecule has 1 N–H and O–H groups in total. The van der Waals surface area contributed by atoms with Crippen LogP contribution in [0.25, 0.3) is 0 Å². The molecular weight excluding hydrogens is 322 g/mol. The van der Waals surface area contributed by atoms with Crippen molar-refractivity contribution >= 4 is 17.5 Å². The highest BCUT2D eigenvalue weighted by Gasteiger charge is 2.17. The van der Waals surface area contributed by atoms with Gasteiger partial charge in [-0.1, -0.05) is 0 Å². The van der Waals surface area contributed by atoms with Crippen LogP contribution in [0.5, 0.6) is 11.5 Å². The summed E-state index contributed by atoms with van der Waals surface area (Å²) in [5.41, 5.74) is 3.45. The molecule has 0 saturated carbocycles. The van der Waals surface area contributed by atoms with Gasteiger partial charge in [0.25, 0.3) is 5.91 Å². The second kappa shape index (κ2) is 9.05. The van der Waals surface area contributed by atoms with Crippen LogP contribution in [0.3, 0.4) is 0 Å². The first-order valence-electron chi connectivity index (χ1n) is 8.38. The summed E-state index contributed by atoms with van der Waals surface area (Å²) in [4.78, 5) is 26.2. The average molecular weight is 347 g/mol. The molecular formula is C18H25N3O4. The van der Waals surface area contributed by atoms with Crippen molar-refractivity contribution in [2.45, 2.75) is 32.6 Å². The summed E-state index contributed by atoms with van der Waals surface area (Å²) >= 11 is 0. The van der Waals surface area contributed by atoms with Gasteiger partial charge in [0.15, 0.2) is 11.5 Å². The predicted molar refractivity (Wildman–Crippen MR) is 95.2 cm³/mol. The fourth-order valence-corrected chi connectivity index (χ4v) is 2.70. The zero-order valence-corrected chi connectivity index (χ0v) is 15.0. The number of carbonyl (C=O) groups excluding carboxylic acids is 2. The zero-order valence-electron chi connectivity index (χ0n) is 15.0. The summed E-state index contributed by atoms with van der Waals surface area (Å²) in [5.74, 6) is 0.703. The molecule has 0 spiro atoms. The molecule has 2 rings (SSSR count). The molecule has 1 aliphatic rings. The predicted octanol–water partition coefficient (Wildman–Crippen LogP) is 2.21. The molecule has 0 atom stereocenters. The van der Waals surface area contributed by atoms with Gasteiger partial charge in [-0.2, -0.15) is 5.10 Å². The van der Waals surface area contributed by atoms with Crippen molar-refractivity contribution in [1.82, 2.24) is 10.3 Å². The molecule has 0 radical (unpaired) electrons. The highest BCUT2D eigenvalue weighted by Crippen LogP contribution is 2.27. The highest BCUT2D eigenvalue weighted by atomic mass is 16.5. The van der Waals surface area contributed by atoms with E-state index in [1.807, 2.05) is 4.90 Å². The van der Waals surface area contributed by atoms with E-state index in [4.69, 9.17) is 9.47 Å². The van der Waals surface area contributed by atoms with E-state index >= 15 is 0 Å². The van der Waals surface area contributed by atoms with Crippen LogP contribution in [-0.2, 0) is 4.79 Å². The number of likely N-dealkylation sites (tertiary alicyclic amines) is 1. The number of rotatable bonds is 6. The molecule has 1 aliphatic heterocycles. The van der Waals surface area contributed by atoms with Crippen LogP contribution in [0.4, 0.5) is 0 Å². The van der Waals surface area contributed by atoms with E-state index in [0.717, 1.165) is 25.9 Å². The van der Waals surface area contributed by atoms with E-state index in [2.05, 4.69) is 10.5 Å². The molecule has 1 saturated heterocycles. The lowest BCUT2D eigenvalue weighted by Crippen LogP contribution is -2.36. The molecule has 1 aromatic carbocycles. The van der Waals surface area contributed by atoms with Crippen molar-refractivity contribution in [1.29, 1.82) is 0 Å². The van der Waals surface area contributed by atoms with E-state index in [0.29, 0.717) is 22.8 Å². The third-order valence-electron chi connectivity index (χ3n) is 4.11. The minimum absolute atomic E-state index is 0.0568. The van der Waals surface area contributed by atoms with Gasteiger partial charge in [-0.05, 0) is 44.4 Å². The van der Waals surface area contributed by atoms with Crippen molar-refractivity contribution in [2.75, 3.05) is 27.3 Å². The maximum atomic E-state index is 12.2. The number of piperidine rings is 1. The smallest absolute Gasteiger partial charge is 0.271 e. The van der Waals surface area contributed by atoms with E-state index in [9.17, 15) is 9.59 Å². The lowest BCUT2D eigenvalue weighted by atomic mass is 10.1. The molecule has 25 heavy (non-hydrogen) atoms. The van der Waals surface area contributed by atoms with Gasteiger partial charge in [-0.25, -0.2) is 5.43 Å².